The van der Waals surface area contributed by atoms with Gasteiger partial charge in [0, 0.05) is 16.3 Å². The third-order valence-electron chi connectivity index (χ3n) is 2.28. The quantitative estimate of drug-likeness (QED) is 0.843. The molecule has 0 amide bonds. The topological polar surface area (TPSA) is 50.9 Å². The Morgan fingerprint density at radius 3 is 2.71 bits per heavy atom. The predicted molar refractivity (Wildman–Crippen MR) is 75.1 cm³/mol. The van der Waals surface area contributed by atoms with Gasteiger partial charge in [-0.05, 0) is 46.4 Å². The van der Waals surface area contributed by atoms with Crippen molar-refractivity contribution in [3.05, 3.63) is 51.5 Å². The van der Waals surface area contributed by atoms with E-state index in [9.17, 15) is 4.39 Å². The van der Waals surface area contributed by atoms with Crippen molar-refractivity contribution in [3.8, 4) is 0 Å². The molecule has 0 atom stereocenters. The minimum absolute atomic E-state index is 0.232. The first-order chi connectivity index (χ1) is 8.15. The highest BCUT2D eigenvalue weighted by Crippen LogP contribution is 2.19. The molecule has 0 saturated carbocycles. The van der Waals surface area contributed by atoms with E-state index in [2.05, 4.69) is 32.9 Å². The summed E-state index contributed by atoms with van der Waals surface area (Å²) < 4.78 is 13.7. The fraction of sp³-hybridized carbons (Fsp3) is 0.0833. The Morgan fingerprint density at radius 2 is 2.00 bits per heavy atom. The van der Waals surface area contributed by atoms with Crippen LogP contribution in [0.4, 0.5) is 15.9 Å². The van der Waals surface area contributed by atoms with E-state index in [0.717, 1.165) is 14.8 Å². The smallest absolute Gasteiger partial charge is 0.146 e. The standard InChI is InChI=1S/C12H11FIN3/c13-9-3-1-8(2-4-9)6-16-11-5-10(14)7-17-12(11)15/h1-5,7,16H,6H2,(H2,15,17). The third-order valence-corrected chi connectivity index (χ3v) is 2.87. The average Bonchev–Trinajstić information content (AvgIpc) is 2.32. The number of nitrogens with two attached hydrogens (primary N) is 1. The molecule has 0 spiro atoms. The van der Waals surface area contributed by atoms with Crippen molar-refractivity contribution in [2.24, 2.45) is 0 Å². The number of rotatable bonds is 3. The summed E-state index contributed by atoms with van der Waals surface area (Å²) in [5.41, 5.74) is 7.52. The SMILES string of the molecule is Nc1ncc(I)cc1NCc1ccc(F)cc1. The molecule has 0 aliphatic rings. The Kier molecular flexibility index (Phi) is 3.78. The molecule has 0 saturated heterocycles. The molecule has 0 unspecified atom stereocenters. The number of anilines is 2. The second-order valence-corrected chi connectivity index (χ2v) is 4.81. The zero-order valence-corrected chi connectivity index (χ0v) is 11.1. The Balaban J connectivity index is 2.07. The van der Waals surface area contributed by atoms with Gasteiger partial charge in [-0.15, -0.1) is 0 Å². The molecule has 1 heterocycles. The van der Waals surface area contributed by atoms with Crippen LogP contribution in [0.1, 0.15) is 5.56 Å². The highest BCUT2D eigenvalue weighted by atomic mass is 127. The zero-order chi connectivity index (χ0) is 12.3. The van der Waals surface area contributed by atoms with Crippen LogP contribution in [0.5, 0.6) is 0 Å². The van der Waals surface area contributed by atoms with Crippen LogP contribution in [0.25, 0.3) is 0 Å². The fourth-order valence-corrected chi connectivity index (χ4v) is 1.84. The Hall–Kier alpha value is -1.37. The molecular weight excluding hydrogens is 332 g/mol. The van der Waals surface area contributed by atoms with Crippen molar-refractivity contribution in [2.45, 2.75) is 6.54 Å². The lowest BCUT2D eigenvalue weighted by atomic mass is 10.2. The van der Waals surface area contributed by atoms with Gasteiger partial charge in [-0.2, -0.15) is 0 Å². The molecule has 3 N–H and O–H groups in total. The van der Waals surface area contributed by atoms with Gasteiger partial charge in [0.25, 0.3) is 0 Å². The number of hydrogen-bond acceptors (Lipinski definition) is 3. The normalized spacial score (nSPS) is 10.2. The molecule has 0 aliphatic heterocycles. The Morgan fingerprint density at radius 1 is 1.29 bits per heavy atom. The van der Waals surface area contributed by atoms with Crippen LogP contribution in [0, 0.1) is 9.39 Å². The average molecular weight is 343 g/mol. The van der Waals surface area contributed by atoms with Gasteiger partial charge < -0.3 is 11.1 Å². The molecule has 0 fully saturated rings. The number of pyridine rings is 1. The van der Waals surface area contributed by atoms with E-state index in [4.69, 9.17) is 5.73 Å². The second-order valence-electron chi connectivity index (χ2n) is 3.57. The molecule has 1 aromatic heterocycles. The first-order valence-electron chi connectivity index (χ1n) is 5.04. The van der Waals surface area contributed by atoms with Gasteiger partial charge in [-0.25, -0.2) is 9.37 Å². The van der Waals surface area contributed by atoms with Crippen LogP contribution >= 0.6 is 22.6 Å². The maximum absolute atomic E-state index is 12.7. The molecule has 1 aromatic carbocycles. The van der Waals surface area contributed by atoms with Crippen molar-refractivity contribution in [3.63, 3.8) is 0 Å². The van der Waals surface area contributed by atoms with E-state index in [1.807, 2.05) is 6.07 Å². The van der Waals surface area contributed by atoms with E-state index in [1.54, 1.807) is 18.3 Å². The van der Waals surface area contributed by atoms with Crippen LogP contribution in [0.15, 0.2) is 36.5 Å². The number of aromatic nitrogens is 1. The zero-order valence-electron chi connectivity index (χ0n) is 8.95. The van der Waals surface area contributed by atoms with Crippen LogP contribution in [0.3, 0.4) is 0 Å². The van der Waals surface area contributed by atoms with Crippen molar-refractivity contribution >= 4 is 34.1 Å². The van der Waals surface area contributed by atoms with Crippen molar-refractivity contribution in [2.75, 3.05) is 11.1 Å². The molecule has 5 heteroatoms. The van der Waals surface area contributed by atoms with Crippen molar-refractivity contribution < 1.29 is 4.39 Å². The molecule has 0 aliphatic carbocycles. The van der Waals surface area contributed by atoms with Crippen LogP contribution in [-0.2, 0) is 6.54 Å². The minimum atomic E-state index is -0.232. The van der Waals surface area contributed by atoms with Crippen LogP contribution < -0.4 is 11.1 Å². The molecule has 0 bridgehead atoms. The van der Waals surface area contributed by atoms with E-state index < -0.39 is 0 Å². The lowest BCUT2D eigenvalue weighted by molar-refractivity contribution is 0.627. The van der Waals surface area contributed by atoms with Gasteiger partial charge in [-0.1, -0.05) is 12.1 Å². The maximum atomic E-state index is 12.7. The summed E-state index contributed by atoms with van der Waals surface area (Å²) in [7, 11) is 0. The van der Waals surface area contributed by atoms with E-state index >= 15 is 0 Å². The van der Waals surface area contributed by atoms with Crippen LogP contribution in [-0.4, -0.2) is 4.98 Å². The van der Waals surface area contributed by atoms with Crippen molar-refractivity contribution in [1.82, 2.24) is 4.98 Å². The Labute approximate surface area is 112 Å². The molecule has 17 heavy (non-hydrogen) atoms. The number of nitrogens with zero attached hydrogens (tertiary/aromatic N) is 1. The first kappa shape index (κ1) is 12.1. The molecule has 0 radical (unpaired) electrons. The van der Waals surface area contributed by atoms with Gasteiger partial charge in [0.1, 0.15) is 11.6 Å². The molecule has 3 nitrogen and oxygen atoms in total. The van der Waals surface area contributed by atoms with E-state index in [1.165, 1.54) is 12.1 Å². The summed E-state index contributed by atoms with van der Waals surface area (Å²) in [5.74, 6) is 0.233. The molecule has 88 valence electrons. The summed E-state index contributed by atoms with van der Waals surface area (Å²) in [4.78, 5) is 4.05. The fourth-order valence-electron chi connectivity index (χ4n) is 1.39. The summed E-state index contributed by atoms with van der Waals surface area (Å²) in [6, 6.07) is 8.27. The number of nitrogen functional groups attached to an aromatic ring is 1. The highest BCUT2D eigenvalue weighted by molar-refractivity contribution is 14.1. The number of hydrogen-bond donors (Lipinski definition) is 2. The predicted octanol–water partition coefficient (Wildman–Crippen LogP) is 3.02. The minimum Gasteiger partial charge on any atom is -0.382 e. The Bertz CT molecular complexity index is 514. The van der Waals surface area contributed by atoms with Gasteiger partial charge in [-0.3, -0.25) is 0 Å². The monoisotopic (exact) mass is 343 g/mol. The van der Waals surface area contributed by atoms with Gasteiger partial charge in [0.15, 0.2) is 0 Å². The number of benzene rings is 1. The molecular formula is C12H11FIN3. The van der Waals surface area contributed by atoms with Crippen molar-refractivity contribution in [1.29, 1.82) is 0 Å². The first-order valence-corrected chi connectivity index (χ1v) is 6.12. The van der Waals surface area contributed by atoms with Gasteiger partial charge >= 0.3 is 0 Å². The molecule has 2 aromatic rings. The van der Waals surface area contributed by atoms with Gasteiger partial charge in [0.05, 0.1) is 5.69 Å². The summed E-state index contributed by atoms with van der Waals surface area (Å²) in [6.45, 7) is 0.590. The molecule has 2 rings (SSSR count). The van der Waals surface area contributed by atoms with E-state index in [0.29, 0.717) is 12.4 Å². The summed E-state index contributed by atoms with van der Waals surface area (Å²) in [6.07, 6.45) is 1.71. The van der Waals surface area contributed by atoms with E-state index in [-0.39, 0.29) is 5.82 Å². The second kappa shape index (κ2) is 5.31. The lowest BCUT2D eigenvalue weighted by Gasteiger charge is -2.09. The van der Waals surface area contributed by atoms with Gasteiger partial charge in [0.2, 0.25) is 0 Å². The summed E-state index contributed by atoms with van der Waals surface area (Å²) >= 11 is 2.17. The largest absolute Gasteiger partial charge is 0.382 e. The maximum Gasteiger partial charge on any atom is 0.146 e. The highest BCUT2D eigenvalue weighted by Gasteiger charge is 2.01. The number of nitrogens with one attached hydrogen (secondary N) is 1. The number of halogens is 2. The third kappa shape index (κ3) is 3.29. The summed E-state index contributed by atoms with van der Waals surface area (Å²) in [5, 5.41) is 3.17. The van der Waals surface area contributed by atoms with Crippen LogP contribution in [0.2, 0.25) is 0 Å². The lowest BCUT2D eigenvalue weighted by Crippen LogP contribution is -2.04.